The number of rotatable bonds is 3. The molecule has 1 heterocycles. The number of carbonyl (C=O) groups excluding carboxylic acids is 1. The number of amides is 1. The molecule has 1 aliphatic heterocycles. The van der Waals surface area contributed by atoms with Crippen LogP contribution in [0.5, 0.6) is 0 Å². The van der Waals surface area contributed by atoms with Gasteiger partial charge in [0.15, 0.2) is 0 Å². The lowest BCUT2D eigenvalue weighted by Crippen LogP contribution is -2.40. The lowest BCUT2D eigenvalue weighted by molar-refractivity contribution is -0.131. The van der Waals surface area contributed by atoms with E-state index in [9.17, 15) is 4.79 Å². The minimum absolute atomic E-state index is 0.210. The van der Waals surface area contributed by atoms with Gasteiger partial charge in [-0.25, -0.2) is 0 Å². The van der Waals surface area contributed by atoms with Gasteiger partial charge in [0.1, 0.15) is 0 Å². The van der Waals surface area contributed by atoms with Crippen LogP contribution in [0.25, 0.3) is 0 Å². The van der Waals surface area contributed by atoms with Gasteiger partial charge < -0.3 is 10.6 Å². The molecule has 1 saturated heterocycles. The van der Waals surface area contributed by atoms with E-state index in [0.29, 0.717) is 13.0 Å². The molecule has 2 N–H and O–H groups in total. The predicted molar refractivity (Wildman–Crippen MR) is 68.7 cm³/mol. The summed E-state index contributed by atoms with van der Waals surface area (Å²) in [6.45, 7) is 3.50. The summed E-state index contributed by atoms with van der Waals surface area (Å²) in [6.07, 6.45) is 2.63. The van der Waals surface area contributed by atoms with E-state index in [1.54, 1.807) is 0 Å². The van der Waals surface area contributed by atoms with Crippen LogP contribution in [-0.4, -0.2) is 29.9 Å². The smallest absolute Gasteiger partial charge is 0.227 e. The van der Waals surface area contributed by atoms with Crippen LogP contribution in [0.3, 0.4) is 0 Å². The Hall–Kier alpha value is -1.35. The summed E-state index contributed by atoms with van der Waals surface area (Å²) in [5.41, 5.74) is 7.99. The zero-order chi connectivity index (χ0) is 12.3. The zero-order valence-electron chi connectivity index (χ0n) is 10.4. The van der Waals surface area contributed by atoms with Crippen LogP contribution < -0.4 is 5.73 Å². The highest BCUT2D eigenvalue weighted by Gasteiger charge is 2.27. The van der Waals surface area contributed by atoms with E-state index < -0.39 is 0 Å². The Balaban J connectivity index is 1.99. The fourth-order valence-electron chi connectivity index (χ4n) is 2.39. The van der Waals surface area contributed by atoms with Crippen molar-refractivity contribution in [1.29, 1.82) is 0 Å². The van der Waals surface area contributed by atoms with E-state index in [1.807, 2.05) is 29.2 Å². The Labute approximate surface area is 103 Å². The molecular weight excluding hydrogens is 212 g/mol. The Morgan fingerprint density at radius 3 is 2.76 bits per heavy atom. The average Bonchev–Trinajstić information content (AvgIpc) is 2.80. The van der Waals surface area contributed by atoms with E-state index in [0.717, 1.165) is 24.9 Å². The molecule has 3 heteroatoms. The summed E-state index contributed by atoms with van der Waals surface area (Å²) in [4.78, 5) is 14.1. The van der Waals surface area contributed by atoms with Crippen molar-refractivity contribution in [3.05, 3.63) is 35.4 Å². The maximum absolute atomic E-state index is 12.1. The predicted octanol–water partition coefficient (Wildman–Crippen LogP) is 1.49. The second kappa shape index (κ2) is 5.32. The molecule has 0 aromatic heterocycles. The molecule has 0 unspecified atom stereocenters. The number of nitrogens with two attached hydrogens (primary N) is 1. The molecule has 0 aliphatic carbocycles. The fraction of sp³-hybridized carbons (Fsp3) is 0.500. The van der Waals surface area contributed by atoms with Crippen molar-refractivity contribution in [3.8, 4) is 0 Å². The van der Waals surface area contributed by atoms with Gasteiger partial charge in [0.2, 0.25) is 5.91 Å². The maximum Gasteiger partial charge on any atom is 0.227 e. The van der Waals surface area contributed by atoms with Crippen molar-refractivity contribution in [2.75, 3.05) is 13.1 Å². The number of hydrogen-bond acceptors (Lipinski definition) is 2. The molecule has 17 heavy (non-hydrogen) atoms. The summed E-state index contributed by atoms with van der Waals surface area (Å²) in [5.74, 6) is 0.210. The molecule has 0 saturated carbocycles. The molecule has 1 aliphatic rings. The van der Waals surface area contributed by atoms with Crippen molar-refractivity contribution in [2.45, 2.75) is 32.2 Å². The fourth-order valence-corrected chi connectivity index (χ4v) is 2.39. The van der Waals surface area contributed by atoms with E-state index >= 15 is 0 Å². The monoisotopic (exact) mass is 232 g/mol. The van der Waals surface area contributed by atoms with Crippen molar-refractivity contribution in [3.63, 3.8) is 0 Å². The van der Waals surface area contributed by atoms with E-state index in [-0.39, 0.29) is 11.9 Å². The summed E-state index contributed by atoms with van der Waals surface area (Å²) in [7, 11) is 0. The highest BCUT2D eigenvalue weighted by Crippen LogP contribution is 2.17. The number of carbonyl (C=O) groups is 1. The van der Waals surface area contributed by atoms with Crippen molar-refractivity contribution in [1.82, 2.24) is 4.90 Å². The van der Waals surface area contributed by atoms with Crippen molar-refractivity contribution in [2.24, 2.45) is 5.73 Å². The Morgan fingerprint density at radius 1 is 1.41 bits per heavy atom. The SMILES string of the molecule is Cc1ccc(CC(=O)N2CCC[C@@H]2CN)cc1. The van der Waals surface area contributed by atoms with Crippen LogP contribution in [0.2, 0.25) is 0 Å². The number of aryl methyl sites for hydroxylation is 1. The van der Waals surface area contributed by atoms with Gasteiger partial charge in [-0.15, -0.1) is 0 Å². The van der Waals surface area contributed by atoms with E-state index in [2.05, 4.69) is 6.92 Å². The topological polar surface area (TPSA) is 46.3 Å². The normalized spacial score (nSPS) is 19.6. The summed E-state index contributed by atoms with van der Waals surface area (Å²) in [6, 6.07) is 8.41. The molecule has 1 aromatic carbocycles. The summed E-state index contributed by atoms with van der Waals surface area (Å²) < 4.78 is 0. The van der Waals surface area contributed by atoms with Gasteiger partial charge in [-0.3, -0.25) is 4.79 Å². The second-order valence-electron chi connectivity index (χ2n) is 4.78. The molecule has 0 radical (unpaired) electrons. The van der Waals surface area contributed by atoms with Crippen LogP contribution in [-0.2, 0) is 11.2 Å². The highest BCUT2D eigenvalue weighted by atomic mass is 16.2. The molecule has 1 fully saturated rings. The van der Waals surface area contributed by atoms with Crippen LogP contribution in [0.15, 0.2) is 24.3 Å². The number of hydrogen-bond donors (Lipinski definition) is 1. The minimum atomic E-state index is 0.210. The van der Waals surface area contributed by atoms with E-state index in [4.69, 9.17) is 5.73 Å². The first-order valence-corrected chi connectivity index (χ1v) is 6.26. The van der Waals surface area contributed by atoms with Crippen LogP contribution in [0, 0.1) is 6.92 Å². The first kappa shape index (κ1) is 12.1. The first-order valence-electron chi connectivity index (χ1n) is 6.26. The first-order chi connectivity index (χ1) is 8.20. The van der Waals surface area contributed by atoms with E-state index in [1.165, 1.54) is 5.56 Å². The van der Waals surface area contributed by atoms with Gasteiger partial charge in [0.05, 0.1) is 6.42 Å². The molecule has 1 atom stereocenters. The lowest BCUT2D eigenvalue weighted by Gasteiger charge is -2.23. The third-order valence-corrected chi connectivity index (χ3v) is 3.45. The summed E-state index contributed by atoms with van der Waals surface area (Å²) >= 11 is 0. The zero-order valence-corrected chi connectivity index (χ0v) is 10.4. The number of benzene rings is 1. The average molecular weight is 232 g/mol. The summed E-state index contributed by atoms with van der Waals surface area (Å²) in [5, 5.41) is 0. The van der Waals surface area contributed by atoms with Gasteiger partial charge >= 0.3 is 0 Å². The van der Waals surface area contributed by atoms with Crippen LogP contribution in [0.1, 0.15) is 24.0 Å². The minimum Gasteiger partial charge on any atom is -0.338 e. The molecule has 1 aromatic rings. The Kier molecular flexibility index (Phi) is 3.79. The molecule has 0 bridgehead atoms. The van der Waals surface area contributed by atoms with Crippen molar-refractivity contribution < 1.29 is 4.79 Å². The van der Waals surface area contributed by atoms with Gasteiger partial charge in [-0.1, -0.05) is 29.8 Å². The lowest BCUT2D eigenvalue weighted by atomic mass is 10.1. The largest absolute Gasteiger partial charge is 0.338 e. The quantitative estimate of drug-likeness (QED) is 0.858. The molecular formula is C14H20N2O. The molecule has 0 spiro atoms. The number of likely N-dealkylation sites (tertiary alicyclic amines) is 1. The van der Waals surface area contributed by atoms with Crippen LogP contribution >= 0.6 is 0 Å². The van der Waals surface area contributed by atoms with Gasteiger partial charge in [-0.2, -0.15) is 0 Å². The molecule has 3 nitrogen and oxygen atoms in total. The van der Waals surface area contributed by atoms with Gasteiger partial charge in [-0.05, 0) is 25.3 Å². The molecule has 2 rings (SSSR count). The Morgan fingerprint density at radius 2 is 2.12 bits per heavy atom. The highest BCUT2D eigenvalue weighted by molar-refractivity contribution is 5.79. The molecule has 92 valence electrons. The van der Waals surface area contributed by atoms with Gasteiger partial charge in [0, 0.05) is 19.1 Å². The van der Waals surface area contributed by atoms with Crippen molar-refractivity contribution >= 4 is 5.91 Å². The Bertz CT molecular complexity index is 386. The maximum atomic E-state index is 12.1. The molecule has 1 amide bonds. The number of nitrogens with zero attached hydrogens (tertiary/aromatic N) is 1. The van der Waals surface area contributed by atoms with Crippen LogP contribution in [0.4, 0.5) is 0 Å². The van der Waals surface area contributed by atoms with Gasteiger partial charge in [0.25, 0.3) is 0 Å². The second-order valence-corrected chi connectivity index (χ2v) is 4.78. The third kappa shape index (κ3) is 2.86. The third-order valence-electron chi connectivity index (χ3n) is 3.45. The standard InChI is InChI=1S/C14H20N2O/c1-11-4-6-12(7-5-11)9-14(17)16-8-2-3-13(16)10-15/h4-7,13H,2-3,8-10,15H2,1H3/t13-/m1/s1.